The molecule has 2 heterocycles. The molecule has 29 heavy (non-hydrogen) atoms. The van der Waals surface area contributed by atoms with Crippen LogP contribution in [0.1, 0.15) is 16.7 Å². The summed E-state index contributed by atoms with van der Waals surface area (Å²) in [6.07, 6.45) is 4.04. The van der Waals surface area contributed by atoms with Crippen molar-refractivity contribution in [3.8, 4) is 0 Å². The minimum atomic E-state index is -0.0764. The van der Waals surface area contributed by atoms with Crippen LogP contribution in [0, 0.1) is 0 Å². The second-order valence-corrected chi connectivity index (χ2v) is 7.85. The Balaban J connectivity index is 1.61. The van der Waals surface area contributed by atoms with Gasteiger partial charge in [-0.25, -0.2) is 0 Å². The van der Waals surface area contributed by atoms with E-state index in [4.69, 9.17) is 23.2 Å². The summed E-state index contributed by atoms with van der Waals surface area (Å²) < 4.78 is 2.17. The normalized spacial score (nSPS) is 14.4. The number of amides is 1. The molecule has 1 aromatic heterocycles. The Morgan fingerprint density at radius 1 is 0.931 bits per heavy atom. The molecule has 1 amide bonds. The Morgan fingerprint density at radius 3 is 2.59 bits per heavy atom. The van der Waals surface area contributed by atoms with E-state index in [0.717, 1.165) is 33.3 Å². The van der Waals surface area contributed by atoms with Crippen molar-refractivity contribution in [3.63, 3.8) is 0 Å². The number of carbonyl (C=O) groups excluding carboxylic acids is 1. The maximum Gasteiger partial charge on any atom is 0.256 e. The molecule has 0 radical (unpaired) electrons. The fourth-order valence-electron chi connectivity index (χ4n) is 3.79. The SMILES string of the molecule is O=C1Nc2ccccc2C1=Cc1cn(Cc2ccc(Cl)c(Cl)c2)c2ccccc12. The molecule has 0 saturated heterocycles. The first-order valence-electron chi connectivity index (χ1n) is 9.24. The van der Waals surface area contributed by atoms with Gasteiger partial charge >= 0.3 is 0 Å². The lowest BCUT2D eigenvalue weighted by atomic mass is 10.0. The summed E-state index contributed by atoms with van der Waals surface area (Å²) in [5.41, 5.74) is 5.61. The molecule has 3 aromatic carbocycles. The highest BCUT2D eigenvalue weighted by atomic mass is 35.5. The second kappa shape index (κ2) is 7.11. The molecule has 0 saturated carbocycles. The quantitative estimate of drug-likeness (QED) is 0.379. The van der Waals surface area contributed by atoms with Crippen molar-refractivity contribution in [2.45, 2.75) is 6.54 Å². The van der Waals surface area contributed by atoms with E-state index in [1.54, 1.807) is 0 Å². The zero-order valence-corrected chi connectivity index (χ0v) is 16.8. The van der Waals surface area contributed by atoms with Gasteiger partial charge in [0.05, 0.1) is 10.0 Å². The number of aromatic nitrogens is 1. The molecule has 0 unspecified atom stereocenters. The summed E-state index contributed by atoms with van der Waals surface area (Å²) in [6, 6.07) is 21.6. The number of hydrogen-bond donors (Lipinski definition) is 1. The summed E-state index contributed by atoms with van der Waals surface area (Å²) in [5.74, 6) is -0.0764. The van der Waals surface area contributed by atoms with Gasteiger partial charge in [-0.3, -0.25) is 4.79 Å². The maximum absolute atomic E-state index is 12.5. The number of nitrogens with zero attached hydrogens (tertiary/aromatic N) is 1. The third-order valence-electron chi connectivity index (χ3n) is 5.17. The summed E-state index contributed by atoms with van der Waals surface area (Å²) in [6.45, 7) is 0.656. The average molecular weight is 419 g/mol. The predicted molar refractivity (Wildman–Crippen MR) is 120 cm³/mol. The van der Waals surface area contributed by atoms with Crippen molar-refractivity contribution in [2.24, 2.45) is 0 Å². The molecule has 1 aliphatic rings. The van der Waals surface area contributed by atoms with E-state index in [1.165, 1.54) is 0 Å². The average Bonchev–Trinajstić information content (AvgIpc) is 3.23. The van der Waals surface area contributed by atoms with Crippen LogP contribution in [0.15, 0.2) is 72.9 Å². The van der Waals surface area contributed by atoms with Gasteiger partial charge in [0, 0.05) is 46.0 Å². The van der Waals surface area contributed by atoms with Crippen LogP contribution in [0.25, 0.3) is 22.6 Å². The van der Waals surface area contributed by atoms with Crippen molar-refractivity contribution >= 4 is 57.3 Å². The molecule has 0 spiro atoms. The van der Waals surface area contributed by atoms with Gasteiger partial charge in [-0.15, -0.1) is 0 Å². The Labute approximate surface area is 178 Å². The first kappa shape index (κ1) is 18.0. The summed E-state index contributed by atoms with van der Waals surface area (Å²) in [4.78, 5) is 12.5. The van der Waals surface area contributed by atoms with Gasteiger partial charge in [-0.1, -0.05) is 65.7 Å². The van der Waals surface area contributed by atoms with E-state index >= 15 is 0 Å². The zero-order valence-electron chi connectivity index (χ0n) is 15.3. The fraction of sp³-hybridized carbons (Fsp3) is 0.0417. The number of fused-ring (bicyclic) bond motifs is 2. The van der Waals surface area contributed by atoms with Gasteiger partial charge in [0.25, 0.3) is 5.91 Å². The zero-order chi connectivity index (χ0) is 20.0. The Hall–Kier alpha value is -3.01. The molecule has 1 N–H and O–H groups in total. The molecule has 0 atom stereocenters. The lowest BCUT2D eigenvalue weighted by molar-refractivity contribution is -0.110. The van der Waals surface area contributed by atoms with Crippen molar-refractivity contribution in [3.05, 3.63) is 99.7 Å². The van der Waals surface area contributed by atoms with Crippen LogP contribution >= 0.6 is 23.2 Å². The molecular formula is C24H16Cl2N2O. The second-order valence-electron chi connectivity index (χ2n) is 7.04. The predicted octanol–water partition coefficient (Wildman–Crippen LogP) is 6.49. The topological polar surface area (TPSA) is 34.0 Å². The van der Waals surface area contributed by atoms with Gasteiger partial charge in [0.15, 0.2) is 0 Å². The molecular weight excluding hydrogens is 403 g/mol. The highest BCUT2D eigenvalue weighted by Crippen LogP contribution is 2.34. The molecule has 0 bridgehead atoms. The number of rotatable bonds is 3. The van der Waals surface area contributed by atoms with E-state index < -0.39 is 0 Å². The van der Waals surface area contributed by atoms with Gasteiger partial charge < -0.3 is 9.88 Å². The Morgan fingerprint density at radius 2 is 1.72 bits per heavy atom. The highest BCUT2D eigenvalue weighted by Gasteiger charge is 2.23. The molecule has 5 heteroatoms. The molecule has 4 aromatic rings. The highest BCUT2D eigenvalue weighted by molar-refractivity contribution is 6.42. The van der Waals surface area contributed by atoms with Gasteiger partial charge in [0.1, 0.15) is 0 Å². The van der Waals surface area contributed by atoms with E-state index in [2.05, 4.69) is 28.2 Å². The molecule has 3 nitrogen and oxygen atoms in total. The number of benzene rings is 3. The molecule has 142 valence electrons. The minimum absolute atomic E-state index is 0.0764. The van der Waals surface area contributed by atoms with Crippen LogP contribution in [0.3, 0.4) is 0 Å². The van der Waals surface area contributed by atoms with Crippen LogP contribution in [-0.2, 0) is 11.3 Å². The number of carbonyl (C=O) groups is 1. The summed E-state index contributed by atoms with van der Waals surface area (Å²) in [5, 5.41) is 5.12. The number of nitrogens with one attached hydrogen (secondary N) is 1. The largest absolute Gasteiger partial charge is 0.342 e. The summed E-state index contributed by atoms with van der Waals surface area (Å²) >= 11 is 12.2. The third-order valence-corrected chi connectivity index (χ3v) is 5.91. The van der Waals surface area contributed by atoms with E-state index in [1.807, 2.05) is 60.7 Å². The van der Waals surface area contributed by atoms with Crippen molar-refractivity contribution in [1.82, 2.24) is 4.57 Å². The Bertz CT molecular complexity index is 1300. The lowest BCUT2D eigenvalue weighted by Crippen LogP contribution is -2.03. The molecule has 5 rings (SSSR count). The van der Waals surface area contributed by atoms with Crippen molar-refractivity contribution < 1.29 is 4.79 Å². The van der Waals surface area contributed by atoms with Crippen LogP contribution in [0.4, 0.5) is 5.69 Å². The van der Waals surface area contributed by atoms with Crippen LogP contribution < -0.4 is 5.32 Å². The van der Waals surface area contributed by atoms with E-state index in [9.17, 15) is 4.79 Å². The van der Waals surface area contributed by atoms with Crippen LogP contribution in [0.2, 0.25) is 10.0 Å². The smallest absolute Gasteiger partial charge is 0.256 e. The monoisotopic (exact) mass is 418 g/mol. The Kier molecular flexibility index (Phi) is 4.42. The van der Waals surface area contributed by atoms with Crippen molar-refractivity contribution in [2.75, 3.05) is 5.32 Å². The van der Waals surface area contributed by atoms with Crippen molar-refractivity contribution in [1.29, 1.82) is 0 Å². The first-order chi connectivity index (χ1) is 14.1. The number of halogens is 2. The van der Waals surface area contributed by atoms with Gasteiger partial charge in [0.2, 0.25) is 0 Å². The molecule has 1 aliphatic heterocycles. The fourth-order valence-corrected chi connectivity index (χ4v) is 4.11. The summed E-state index contributed by atoms with van der Waals surface area (Å²) in [7, 11) is 0. The van der Waals surface area contributed by atoms with Crippen LogP contribution in [0.5, 0.6) is 0 Å². The van der Waals surface area contributed by atoms with Gasteiger partial charge in [-0.05, 0) is 35.9 Å². The first-order valence-corrected chi connectivity index (χ1v) is 10.00. The number of anilines is 1. The number of hydrogen-bond acceptors (Lipinski definition) is 1. The van der Waals surface area contributed by atoms with Gasteiger partial charge in [-0.2, -0.15) is 0 Å². The maximum atomic E-state index is 12.5. The molecule has 0 fully saturated rings. The number of para-hydroxylation sites is 2. The minimum Gasteiger partial charge on any atom is -0.342 e. The third kappa shape index (κ3) is 3.23. The van der Waals surface area contributed by atoms with E-state index in [0.29, 0.717) is 22.2 Å². The lowest BCUT2D eigenvalue weighted by Gasteiger charge is -2.06. The van der Waals surface area contributed by atoms with E-state index in [-0.39, 0.29) is 5.91 Å². The molecule has 0 aliphatic carbocycles. The standard InChI is InChI=1S/C24H16Cl2N2O/c25-20-10-9-15(11-21(20)26)13-28-14-16(17-5-2-4-8-23(17)28)12-19-18-6-1-3-7-22(18)27-24(19)29/h1-12,14H,13H2,(H,27,29). The van der Waals surface area contributed by atoms with Crippen LogP contribution in [-0.4, -0.2) is 10.5 Å².